The predicted molar refractivity (Wildman–Crippen MR) is 98.6 cm³/mol. The molecule has 2 rings (SSSR count). The second-order valence-corrected chi connectivity index (χ2v) is 6.12. The van der Waals surface area contributed by atoms with Crippen molar-refractivity contribution in [2.75, 3.05) is 0 Å². The maximum Gasteiger partial charge on any atom is 0.237 e. The molecule has 2 radical (unpaired) electrons. The largest absolute Gasteiger partial charge is 0.344 e. The number of benzene rings is 2. The van der Waals surface area contributed by atoms with Gasteiger partial charge in [-0.05, 0) is 17.5 Å². The van der Waals surface area contributed by atoms with Crippen molar-refractivity contribution >= 4 is 29.8 Å². The lowest BCUT2D eigenvalue weighted by molar-refractivity contribution is -0.125. The molecular formula is C18H19BN2O2S. The molecule has 0 aliphatic rings. The van der Waals surface area contributed by atoms with Crippen LogP contribution in [-0.2, 0) is 22.4 Å². The van der Waals surface area contributed by atoms with Crippen LogP contribution in [0.3, 0.4) is 0 Å². The van der Waals surface area contributed by atoms with Crippen molar-refractivity contribution in [2.45, 2.75) is 24.9 Å². The van der Waals surface area contributed by atoms with Gasteiger partial charge in [0.2, 0.25) is 5.91 Å². The molecule has 122 valence electrons. The fraction of sp³-hybridized carbons (Fsp3) is 0.222. The fourth-order valence-electron chi connectivity index (χ4n) is 2.36. The van der Waals surface area contributed by atoms with Gasteiger partial charge >= 0.3 is 0 Å². The molecule has 0 spiro atoms. The van der Waals surface area contributed by atoms with E-state index in [1.54, 1.807) is 0 Å². The molecular weight excluding hydrogens is 319 g/mol. The number of carbonyl (C=O) groups is 2. The van der Waals surface area contributed by atoms with Gasteiger partial charge in [0.25, 0.3) is 0 Å². The first-order valence-corrected chi connectivity index (χ1v) is 8.52. The van der Waals surface area contributed by atoms with E-state index in [0.29, 0.717) is 24.5 Å². The number of nitrogens with one attached hydrogen (secondary N) is 1. The summed E-state index contributed by atoms with van der Waals surface area (Å²) >= 11 is 0.615. The molecule has 0 aliphatic carbocycles. The van der Waals surface area contributed by atoms with Crippen LogP contribution < -0.4 is 11.1 Å². The van der Waals surface area contributed by atoms with Gasteiger partial charge in [-0.3, -0.25) is 9.59 Å². The van der Waals surface area contributed by atoms with Gasteiger partial charge in [-0.15, -0.1) is 0 Å². The first-order chi connectivity index (χ1) is 11.6. The smallest absolute Gasteiger partial charge is 0.237 e. The van der Waals surface area contributed by atoms with Crippen molar-refractivity contribution in [3.05, 3.63) is 71.8 Å². The van der Waals surface area contributed by atoms with E-state index >= 15 is 0 Å². The van der Waals surface area contributed by atoms with Gasteiger partial charge in [0, 0.05) is 6.42 Å². The third-order valence-electron chi connectivity index (χ3n) is 3.64. The molecule has 6 heteroatoms. The minimum absolute atomic E-state index is 0.292. The third kappa shape index (κ3) is 5.55. The number of amides is 1. The van der Waals surface area contributed by atoms with Gasteiger partial charge in [-0.1, -0.05) is 60.7 Å². The van der Waals surface area contributed by atoms with Crippen LogP contribution in [0.4, 0.5) is 0 Å². The van der Waals surface area contributed by atoms with Gasteiger partial charge in [0.15, 0.2) is 12.2 Å². The Hall–Kier alpha value is -2.05. The molecule has 0 saturated carbocycles. The van der Waals surface area contributed by atoms with E-state index in [-0.39, 0.29) is 11.0 Å². The van der Waals surface area contributed by atoms with Crippen molar-refractivity contribution in [1.29, 1.82) is 0 Å². The Morgan fingerprint density at radius 3 is 1.96 bits per heavy atom. The van der Waals surface area contributed by atoms with Crippen molar-refractivity contribution in [3.63, 3.8) is 0 Å². The number of hydrogen-bond acceptors (Lipinski definition) is 4. The Labute approximate surface area is 147 Å². The van der Waals surface area contributed by atoms with E-state index in [9.17, 15) is 9.59 Å². The molecule has 0 unspecified atom stereocenters. The van der Waals surface area contributed by atoms with Crippen molar-refractivity contribution in [3.8, 4) is 0 Å². The van der Waals surface area contributed by atoms with Gasteiger partial charge in [-0.25, -0.2) is 0 Å². The number of rotatable bonds is 7. The molecule has 0 saturated heterocycles. The highest BCUT2D eigenvalue weighted by molar-refractivity contribution is 8.31. The number of carbonyl (C=O) groups excluding carboxylic acids is 2. The van der Waals surface area contributed by atoms with Crippen LogP contribution in [0.25, 0.3) is 0 Å². The highest BCUT2D eigenvalue weighted by Crippen LogP contribution is 2.09. The summed E-state index contributed by atoms with van der Waals surface area (Å²) < 4.78 is 0. The fourth-order valence-corrected chi connectivity index (χ4v) is 2.67. The van der Waals surface area contributed by atoms with E-state index < -0.39 is 12.1 Å². The van der Waals surface area contributed by atoms with E-state index in [0.717, 1.165) is 11.1 Å². The van der Waals surface area contributed by atoms with Crippen molar-refractivity contribution in [2.24, 2.45) is 5.73 Å². The molecule has 0 heterocycles. The third-order valence-corrected chi connectivity index (χ3v) is 4.15. The zero-order valence-electron chi connectivity index (χ0n) is 13.2. The molecule has 0 aliphatic heterocycles. The number of hydrogen-bond donors (Lipinski definition) is 2. The molecule has 2 atom stereocenters. The molecule has 0 aromatic heterocycles. The normalized spacial score (nSPS) is 13.0. The highest BCUT2D eigenvalue weighted by atomic mass is 32.2. The summed E-state index contributed by atoms with van der Waals surface area (Å²) in [6, 6.07) is 17.6. The Morgan fingerprint density at radius 2 is 1.46 bits per heavy atom. The Kier molecular flexibility index (Phi) is 7.09. The van der Waals surface area contributed by atoms with Crippen LogP contribution in [0, 0.1) is 0 Å². The lowest BCUT2D eigenvalue weighted by atomic mass is 10.0. The molecule has 4 nitrogen and oxygen atoms in total. The summed E-state index contributed by atoms with van der Waals surface area (Å²) in [6.45, 7) is 0. The van der Waals surface area contributed by atoms with Crippen LogP contribution in [0.5, 0.6) is 0 Å². The quantitative estimate of drug-likeness (QED) is 0.753. The zero-order valence-corrected chi connectivity index (χ0v) is 14.0. The molecule has 1 amide bonds. The zero-order chi connectivity index (χ0) is 17.4. The van der Waals surface area contributed by atoms with Crippen molar-refractivity contribution < 1.29 is 9.59 Å². The number of nitrogens with two attached hydrogens (primary N) is 1. The van der Waals surface area contributed by atoms with Crippen LogP contribution in [0.1, 0.15) is 11.1 Å². The summed E-state index contributed by atoms with van der Waals surface area (Å²) in [4.78, 5) is 24.3. The first-order valence-electron chi connectivity index (χ1n) is 7.64. The summed E-state index contributed by atoms with van der Waals surface area (Å²) in [7, 11) is 5.39. The lowest BCUT2D eigenvalue weighted by Crippen LogP contribution is -2.49. The van der Waals surface area contributed by atoms with Gasteiger partial charge < -0.3 is 11.1 Å². The predicted octanol–water partition coefficient (Wildman–Crippen LogP) is 1.63. The van der Waals surface area contributed by atoms with Crippen LogP contribution >= 0.6 is 11.6 Å². The molecule has 3 N–H and O–H groups in total. The maximum absolute atomic E-state index is 12.3. The average Bonchev–Trinajstić information content (AvgIpc) is 2.62. The van der Waals surface area contributed by atoms with Gasteiger partial charge in [-0.2, -0.15) is 11.6 Å². The highest BCUT2D eigenvalue weighted by Gasteiger charge is 2.23. The minimum Gasteiger partial charge on any atom is -0.344 e. The van der Waals surface area contributed by atoms with Gasteiger partial charge in [0.1, 0.15) is 6.04 Å². The lowest BCUT2D eigenvalue weighted by Gasteiger charge is -2.20. The summed E-state index contributed by atoms with van der Waals surface area (Å²) in [5.74, 6) is -0.359. The topological polar surface area (TPSA) is 72.2 Å². The van der Waals surface area contributed by atoms with Gasteiger partial charge in [0.05, 0.1) is 6.04 Å². The monoisotopic (exact) mass is 338 g/mol. The Morgan fingerprint density at radius 1 is 0.958 bits per heavy atom. The van der Waals surface area contributed by atoms with Crippen molar-refractivity contribution in [1.82, 2.24) is 5.32 Å². The van der Waals surface area contributed by atoms with Crippen LogP contribution in [-0.4, -0.2) is 30.2 Å². The van der Waals surface area contributed by atoms with E-state index in [2.05, 4.69) is 5.32 Å². The molecule has 2 aromatic rings. The summed E-state index contributed by atoms with van der Waals surface area (Å²) in [5, 5.41) is 2.43. The average molecular weight is 338 g/mol. The Balaban J connectivity index is 2.00. The summed E-state index contributed by atoms with van der Waals surface area (Å²) in [5.41, 5.74) is 7.89. The molecule has 0 fully saturated rings. The molecule has 2 aromatic carbocycles. The van der Waals surface area contributed by atoms with Crippen LogP contribution in [0.2, 0.25) is 0 Å². The summed E-state index contributed by atoms with van der Waals surface area (Å²) in [6.07, 6.45) is 0.794. The maximum atomic E-state index is 12.3. The molecule has 24 heavy (non-hydrogen) atoms. The SMILES string of the molecule is [B]SC(=O)[C@H](Cc1ccccc1)NC(=O)[C@@H](N)Cc1ccccc1. The Bertz CT molecular complexity index is 667. The second kappa shape index (κ2) is 9.30. The van der Waals surface area contributed by atoms with E-state index in [1.807, 2.05) is 60.7 Å². The van der Waals surface area contributed by atoms with E-state index in [1.165, 1.54) is 0 Å². The van der Waals surface area contributed by atoms with Crippen LogP contribution in [0.15, 0.2) is 60.7 Å². The second-order valence-electron chi connectivity index (χ2n) is 5.48. The molecule has 0 bridgehead atoms. The van der Waals surface area contributed by atoms with E-state index in [4.69, 9.17) is 12.9 Å². The minimum atomic E-state index is -0.721. The standard InChI is InChI=1S/C18H19BN2O2S/c19-24-18(23)16(12-14-9-5-2-6-10-14)21-17(22)15(20)11-13-7-3-1-4-8-13/h1-10,15-16H,11-12,20H2,(H,21,22)/t15-,16-/m0/s1. The first kappa shape index (κ1) is 18.3.